The smallest absolute Gasteiger partial charge is 0.270 e. The van der Waals surface area contributed by atoms with Crippen LogP contribution in [0.3, 0.4) is 0 Å². The number of hydrogen-bond acceptors (Lipinski definition) is 6. The molecule has 1 N–H and O–H groups in total. The normalized spacial score (nSPS) is 18.6. The van der Waals surface area contributed by atoms with Crippen molar-refractivity contribution in [3.8, 4) is 5.75 Å². The van der Waals surface area contributed by atoms with Gasteiger partial charge in [-0.1, -0.05) is 31.4 Å². The Morgan fingerprint density at radius 1 is 1.17 bits per heavy atom. The quantitative estimate of drug-likeness (QED) is 0.784. The maximum absolute atomic E-state index is 12.5. The number of ether oxygens (including phenoxy) is 1. The first-order valence-electron chi connectivity index (χ1n) is 10.6. The lowest BCUT2D eigenvalue weighted by Gasteiger charge is -2.36. The molecule has 0 spiro atoms. The second-order valence-corrected chi connectivity index (χ2v) is 8.81. The number of aromatic nitrogens is 1. The Labute approximate surface area is 176 Å². The summed E-state index contributed by atoms with van der Waals surface area (Å²) in [4.78, 5) is 21.9. The summed E-state index contributed by atoms with van der Waals surface area (Å²) < 4.78 is 5.50. The molecular formula is C22H30N4O2S. The van der Waals surface area contributed by atoms with Gasteiger partial charge in [0.15, 0.2) is 0 Å². The molecule has 1 aromatic heterocycles. The number of thiazole rings is 1. The summed E-state index contributed by atoms with van der Waals surface area (Å²) in [6, 6.07) is 8.51. The van der Waals surface area contributed by atoms with E-state index in [1.165, 1.54) is 19.3 Å². The molecule has 6 nitrogen and oxygen atoms in total. The maximum atomic E-state index is 12.5. The predicted octanol–water partition coefficient (Wildman–Crippen LogP) is 3.54. The van der Waals surface area contributed by atoms with Crippen molar-refractivity contribution in [2.24, 2.45) is 0 Å². The van der Waals surface area contributed by atoms with Crippen molar-refractivity contribution in [3.05, 3.63) is 40.3 Å². The largest absolute Gasteiger partial charge is 0.495 e. The van der Waals surface area contributed by atoms with E-state index in [2.05, 4.69) is 32.2 Å². The van der Waals surface area contributed by atoms with Crippen LogP contribution in [-0.4, -0.2) is 55.1 Å². The van der Waals surface area contributed by atoms with E-state index in [0.29, 0.717) is 11.7 Å². The maximum Gasteiger partial charge on any atom is 0.270 e. The Hall–Kier alpha value is -2.12. The third-order valence-electron chi connectivity index (χ3n) is 5.88. The van der Waals surface area contributed by atoms with Crippen molar-refractivity contribution < 1.29 is 9.53 Å². The number of nitrogens with one attached hydrogen (secondary N) is 1. The second kappa shape index (κ2) is 9.59. The highest BCUT2D eigenvalue weighted by molar-refractivity contribution is 7.09. The fourth-order valence-corrected chi connectivity index (χ4v) is 5.04. The van der Waals surface area contributed by atoms with Crippen LogP contribution in [0.15, 0.2) is 29.6 Å². The summed E-state index contributed by atoms with van der Waals surface area (Å²) in [5, 5.41) is 6.08. The Bertz CT molecular complexity index is 811. The van der Waals surface area contributed by atoms with Crippen LogP contribution in [0.5, 0.6) is 5.75 Å². The number of carbonyl (C=O) groups excluding carboxylic acids is 1. The van der Waals surface area contributed by atoms with E-state index >= 15 is 0 Å². The lowest BCUT2D eigenvalue weighted by molar-refractivity contribution is 0.0923. The van der Waals surface area contributed by atoms with Crippen LogP contribution < -0.4 is 15.0 Å². The van der Waals surface area contributed by atoms with Crippen LogP contribution in [0.2, 0.25) is 0 Å². The summed E-state index contributed by atoms with van der Waals surface area (Å²) in [6.07, 6.45) is 5.91. The number of para-hydroxylation sites is 2. The fraction of sp³-hybridized carbons (Fsp3) is 0.545. The van der Waals surface area contributed by atoms with Gasteiger partial charge in [0.2, 0.25) is 0 Å². The lowest BCUT2D eigenvalue weighted by Crippen LogP contribution is -2.46. The van der Waals surface area contributed by atoms with Crippen molar-refractivity contribution in [3.63, 3.8) is 0 Å². The van der Waals surface area contributed by atoms with Gasteiger partial charge in [-0.3, -0.25) is 9.69 Å². The standard InChI is InChI=1S/C22H30N4O2S/c1-28-20-10-6-5-9-19(20)26-13-11-25(12-14-26)15-21-24-18(16-29-21)22(27)23-17-7-3-2-4-8-17/h5-6,9-10,16-17H,2-4,7-8,11-15H2,1H3,(H,23,27). The van der Waals surface area contributed by atoms with Gasteiger partial charge in [-0.05, 0) is 25.0 Å². The molecule has 2 fully saturated rings. The number of methoxy groups -OCH3 is 1. The molecule has 0 radical (unpaired) electrons. The molecule has 1 aliphatic heterocycles. The van der Waals surface area contributed by atoms with Crippen LogP contribution in [0.4, 0.5) is 5.69 Å². The molecule has 1 aliphatic carbocycles. The number of piperazine rings is 1. The minimum atomic E-state index is -0.0135. The average molecular weight is 415 g/mol. The zero-order valence-electron chi connectivity index (χ0n) is 17.1. The van der Waals surface area contributed by atoms with Crippen molar-refractivity contribution in [1.29, 1.82) is 0 Å². The third-order valence-corrected chi connectivity index (χ3v) is 6.72. The van der Waals surface area contributed by atoms with E-state index in [0.717, 1.165) is 62.0 Å². The predicted molar refractivity (Wildman–Crippen MR) is 117 cm³/mol. The summed E-state index contributed by atoms with van der Waals surface area (Å²) in [7, 11) is 1.72. The first-order chi connectivity index (χ1) is 14.2. The average Bonchev–Trinajstić information content (AvgIpc) is 3.24. The van der Waals surface area contributed by atoms with Crippen molar-refractivity contribution in [2.75, 3.05) is 38.2 Å². The van der Waals surface area contributed by atoms with E-state index < -0.39 is 0 Å². The SMILES string of the molecule is COc1ccccc1N1CCN(Cc2nc(C(=O)NC3CCCCC3)cs2)CC1. The van der Waals surface area contributed by atoms with Gasteiger partial charge in [0.05, 0.1) is 19.3 Å². The van der Waals surface area contributed by atoms with Gasteiger partial charge in [0, 0.05) is 37.6 Å². The summed E-state index contributed by atoms with van der Waals surface area (Å²) >= 11 is 1.59. The molecule has 2 heterocycles. The molecule has 2 aliphatic rings. The van der Waals surface area contributed by atoms with Crippen molar-refractivity contribution in [2.45, 2.75) is 44.7 Å². The van der Waals surface area contributed by atoms with E-state index in [1.54, 1.807) is 18.4 Å². The molecule has 1 amide bonds. The summed E-state index contributed by atoms with van der Waals surface area (Å²) in [6.45, 7) is 4.67. The number of anilines is 1. The zero-order chi connectivity index (χ0) is 20.1. The molecule has 1 aromatic carbocycles. The molecule has 0 atom stereocenters. The summed E-state index contributed by atoms with van der Waals surface area (Å²) in [5.74, 6) is 0.912. The lowest BCUT2D eigenvalue weighted by atomic mass is 9.95. The Balaban J connectivity index is 1.28. The van der Waals surface area contributed by atoms with Gasteiger partial charge in [0.1, 0.15) is 16.5 Å². The molecule has 29 heavy (non-hydrogen) atoms. The third kappa shape index (κ3) is 5.08. The molecular weight excluding hydrogens is 384 g/mol. The number of benzene rings is 1. The molecule has 4 rings (SSSR count). The second-order valence-electron chi connectivity index (χ2n) is 7.87. The minimum absolute atomic E-state index is 0.0135. The van der Waals surface area contributed by atoms with Gasteiger partial charge in [0.25, 0.3) is 5.91 Å². The molecule has 2 aromatic rings. The minimum Gasteiger partial charge on any atom is -0.495 e. The first kappa shape index (κ1) is 20.2. The number of rotatable bonds is 6. The summed E-state index contributed by atoms with van der Waals surface area (Å²) in [5.41, 5.74) is 1.73. The molecule has 0 bridgehead atoms. The molecule has 7 heteroatoms. The first-order valence-corrected chi connectivity index (χ1v) is 11.5. The monoisotopic (exact) mass is 414 g/mol. The van der Waals surface area contributed by atoms with E-state index in [4.69, 9.17) is 4.74 Å². The highest BCUT2D eigenvalue weighted by Crippen LogP contribution is 2.28. The van der Waals surface area contributed by atoms with Crippen LogP contribution in [-0.2, 0) is 6.54 Å². The number of nitrogens with zero attached hydrogens (tertiary/aromatic N) is 3. The van der Waals surface area contributed by atoms with Crippen LogP contribution in [0.25, 0.3) is 0 Å². The Morgan fingerprint density at radius 2 is 1.93 bits per heavy atom. The van der Waals surface area contributed by atoms with Gasteiger partial charge in [-0.2, -0.15) is 0 Å². The van der Waals surface area contributed by atoms with Crippen LogP contribution in [0, 0.1) is 0 Å². The molecule has 0 unspecified atom stereocenters. The van der Waals surface area contributed by atoms with Gasteiger partial charge in [-0.15, -0.1) is 11.3 Å². The van der Waals surface area contributed by atoms with Gasteiger partial charge >= 0.3 is 0 Å². The van der Waals surface area contributed by atoms with E-state index in [1.807, 2.05) is 17.5 Å². The molecule has 1 saturated carbocycles. The van der Waals surface area contributed by atoms with E-state index in [-0.39, 0.29) is 5.91 Å². The topological polar surface area (TPSA) is 57.7 Å². The number of hydrogen-bond donors (Lipinski definition) is 1. The zero-order valence-corrected chi connectivity index (χ0v) is 17.9. The van der Waals surface area contributed by atoms with Crippen molar-refractivity contribution >= 4 is 22.9 Å². The molecule has 156 valence electrons. The van der Waals surface area contributed by atoms with E-state index in [9.17, 15) is 4.79 Å². The highest BCUT2D eigenvalue weighted by Gasteiger charge is 2.22. The number of carbonyl (C=O) groups is 1. The fourth-order valence-electron chi connectivity index (χ4n) is 4.22. The van der Waals surface area contributed by atoms with Gasteiger partial charge in [-0.25, -0.2) is 4.98 Å². The van der Waals surface area contributed by atoms with Gasteiger partial charge < -0.3 is 15.0 Å². The van der Waals surface area contributed by atoms with Crippen molar-refractivity contribution in [1.82, 2.24) is 15.2 Å². The number of amides is 1. The Kier molecular flexibility index (Phi) is 6.67. The van der Waals surface area contributed by atoms with Crippen LogP contribution in [0.1, 0.15) is 47.6 Å². The highest BCUT2D eigenvalue weighted by atomic mass is 32.1. The van der Waals surface area contributed by atoms with Crippen LogP contribution >= 0.6 is 11.3 Å². The Morgan fingerprint density at radius 3 is 2.69 bits per heavy atom. The molecule has 1 saturated heterocycles.